The van der Waals surface area contributed by atoms with Crippen molar-refractivity contribution in [3.8, 4) is 6.07 Å². The Balaban J connectivity index is 1.84. The highest BCUT2D eigenvalue weighted by atomic mass is 16.3. The zero-order valence-corrected chi connectivity index (χ0v) is 8.94. The Bertz CT molecular complexity index is 311. The topological polar surface area (TPSA) is 64.3 Å². The Labute approximate surface area is 89.5 Å². The Morgan fingerprint density at radius 3 is 2.60 bits per heavy atom. The van der Waals surface area contributed by atoms with Crippen LogP contribution in [0.2, 0.25) is 0 Å². The molecule has 4 nitrogen and oxygen atoms in total. The summed E-state index contributed by atoms with van der Waals surface area (Å²) in [5.74, 6) is 0.384. The van der Waals surface area contributed by atoms with Crippen LogP contribution in [0.3, 0.4) is 0 Å². The van der Waals surface area contributed by atoms with Crippen molar-refractivity contribution >= 4 is 5.91 Å². The van der Waals surface area contributed by atoms with Gasteiger partial charge in [0.2, 0.25) is 5.91 Å². The molecule has 2 rings (SSSR count). The SMILES string of the molecule is CN(CC1CC(O)C1)C(=O)C1(C#N)CC1. The number of carbonyl (C=O) groups is 1. The van der Waals surface area contributed by atoms with Crippen LogP contribution in [-0.2, 0) is 4.79 Å². The summed E-state index contributed by atoms with van der Waals surface area (Å²) in [6.45, 7) is 0.680. The number of hydrogen-bond acceptors (Lipinski definition) is 3. The highest BCUT2D eigenvalue weighted by Gasteiger charge is 2.52. The fourth-order valence-electron chi connectivity index (χ4n) is 2.18. The Kier molecular flexibility index (Phi) is 2.43. The fraction of sp³-hybridized carbons (Fsp3) is 0.818. The van der Waals surface area contributed by atoms with Gasteiger partial charge < -0.3 is 10.0 Å². The van der Waals surface area contributed by atoms with Gasteiger partial charge in [0.05, 0.1) is 12.2 Å². The summed E-state index contributed by atoms with van der Waals surface area (Å²) in [6, 6.07) is 2.11. The summed E-state index contributed by atoms with van der Waals surface area (Å²) >= 11 is 0. The second kappa shape index (κ2) is 3.49. The van der Waals surface area contributed by atoms with E-state index in [9.17, 15) is 4.79 Å². The Hall–Kier alpha value is -1.08. The molecule has 0 aromatic heterocycles. The first-order valence-corrected chi connectivity index (χ1v) is 5.42. The van der Waals surface area contributed by atoms with E-state index in [-0.39, 0.29) is 12.0 Å². The van der Waals surface area contributed by atoms with Gasteiger partial charge in [0.15, 0.2) is 0 Å². The largest absolute Gasteiger partial charge is 0.393 e. The number of nitriles is 1. The van der Waals surface area contributed by atoms with Crippen molar-refractivity contribution in [2.45, 2.75) is 31.8 Å². The molecule has 2 aliphatic carbocycles. The van der Waals surface area contributed by atoms with Gasteiger partial charge in [-0.15, -0.1) is 0 Å². The third kappa shape index (κ3) is 1.84. The second-order valence-electron chi connectivity index (χ2n) is 4.87. The van der Waals surface area contributed by atoms with Crippen LogP contribution in [0, 0.1) is 22.7 Å². The van der Waals surface area contributed by atoms with E-state index in [4.69, 9.17) is 10.4 Å². The minimum Gasteiger partial charge on any atom is -0.393 e. The number of carbonyl (C=O) groups excluding carboxylic acids is 1. The number of rotatable bonds is 3. The van der Waals surface area contributed by atoms with Crippen molar-refractivity contribution in [2.75, 3.05) is 13.6 Å². The van der Waals surface area contributed by atoms with E-state index in [1.807, 2.05) is 0 Å². The molecular weight excluding hydrogens is 192 g/mol. The van der Waals surface area contributed by atoms with Gasteiger partial charge in [0.25, 0.3) is 0 Å². The van der Waals surface area contributed by atoms with Crippen LogP contribution in [0.4, 0.5) is 0 Å². The summed E-state index contributed by atoms with van der Waals surface area (Å²) in [7, 11) is 1.75. The highest BCUT2D eigenvalue weighted by Crippen LogP contribution is 2.46. The van der Waals surface area contributed by atoms with Crippen molar-refractivity contribution < 1.29 is 9.90 Å². The molecule has 0 atom stereocenters. The standard InChI is InChI=1S/C11H16N2O2/c1-13(6-8-4-9(14)5-8)10(15)11(7-12)2-3-11/h8-9,14H,2-6H2,1H3. The fourth-order valence-corrected chi connectivity index (χ4v) is 2.18. The first-order valence-electron chi connectivity index (χ1n) is 5.42. The van der Waals surface area contributed by atoms with Crippen LogP contribution in [0.5, 0.6) is 0 Å². The van der Waals surface area contributed by atoms with Crippen LogP contribution in [-0.4, -0.2) is 35.6 Å². The predicted octanol–water partition coefficient (Wildman–Crippen LogP) is 0.519. The van der Waals surface area contributed by atoms with Gasteiger partial charge in [-0.2, -0.15) is 5.26 Å². The minimum absolute atomic E-state index is 0.0358. The third-order valence-electron chi connectivity index (χ3n) is 3.46. The van der Waals surface area contributed by atoms with Crippen LogP contribution in [0.1, 0.15) is 25.7 Å². The van der Waals surface area contributed by atoms with Crippen LogP contribution in [0.15, 0.2) is 0 Å². The van der Waals surface area contributed by atoms with Gasteiger partial charge in [0.1, 0.15) is 5.41 Å². The molecule has 82 valence electrons. The van der Waals surface area contributed by atoms with Crippen molar-refractivity contribution in [2.24, 2.45) is 11.3 Å². The van der Waals surface area contributed by atoms with Gasteiger partial charge in [-0.1, -0.05) is 0 Å². The monoisotopic (exact) mass is 208 g/mol. The molecule has 1 N–H and O–H groups in total. The molecule has 2 aliphatic rings. The smallest absolute Gasteiger partial charge is 0.242 e. The molecule has 0 unspecified atom stereocenters. The maximum Gasteiger partial charge on any atom is 0.242 e. The van der Waals surface area contributed by atoms with Crippen LogP contribution in [0.25, 0.3) is 0 Å². The van der Waals surface area contributed by atoms with Crippen molar-refractivity contribution in [1.82, 2.24) is 4.90 Å². The minimum atomic E-state index is -0.697. The average Bonchev–Trinajstić information content (AvgIpc) is 2.95. The molecule has 0 saturated heterocycles. The Morgan fingerprint density at radius 2 is 2.20 bits per heavy atom. The molecule has 0 aliphatic heterocycles. The van der Waals surface area contributed by atoms with E-state index in [2.05, 4.69) is 6.07 Å². The van der Waals surface area contributed by atoms with Gasteiger partial charge in [-0.05, 0) is 31.6 Å². The average molecular weight is 208 g/mol. The lowest BCUT2D eigenvalue weighted by Gasteiger charge is -2.34. The lowest BCUT2D eigenvalue weighted by Crippen LogP contribution is -2.42. The zero-order chi connectivity index (χ0) is 11.1. The first-order chi connectivity index (χ1) is 7.07. The molecule has 0 aromatic carbocycles. The van der Waals surface area contributed by atoms with E-state index < -0.39 is 5.41 Å². The quantitative estimate of drug-likeness (QED) is 0.735. The number of hydrogen-bond donors (Lipinski definition) is 1. The number of nitrogens with zero attached hydrogens (tertiary/aromatic N) is 2. The third-order valence-corrected chi connectivity index (χ3v) is 3.46. The predicted molar refractivity (Wildman–Crippen MR) is 53.6 cm³/mol. The molecule has 0 radical (unpaired) electrons. The molecule has 0 bridgehead atoms. The van der Waals surface area contributed by atoms with E-state index in [1.165, 1.54) is 0 Å². The van der Waals surface area contributed by atoms with E-state index in [0.29, 0.717) is 25.3 Å². The summed E-state index contributed by atoms with van der Waals surface area (Å²) in [4.78, 5) is 13.5. The van der Waals surface area contributed by atoms with Crippen LogP contribution < -0.4 is 0 Å². The first kappa shape index (κ1) is 10.4. The van der Waals surface area contributed by atoms with Gasteiger partial charge in [-0.25, -0.2) is 0 Å². The maximum absolute atomic E-state index is 11.9. The number of amides is 1. The van der Waals surface area contributed by atoms with Gasteiger partial charge in [0, 0.05) is 13.6 Å². The number of aliphatic hydroxyl groups is 1. The lowest BCUT2D eigenvalue weighted by atomic mass is 9.82. The second-order valence-corrected chi connectivity index (χ2v) is 4.87. The normalized spacial score (nSPS) is 31.3. The maximum atomic E-state index is 11.9. The summed E-state index contributed by atoms with van der Waals surface area (Å²) < 4.78 is 0. The zero-order valence-electron chi connectivity index (χ0n) is 8.94. The lowest BCUT2D eigenvalue weighted by molar-refractivity contribution is -0.135. The summed E-state index contributed by atoms with van der Waals surface area (Å²) in [6.07, 6.45) is 2.82. The number of aliphatic hydroxyl groups excluding tert-OH is 1. The molecule has 15 heavy (non-hydrogen) atoms. The van der Waals surface area contributed by atoms with Gasteiger partial charge >= 0.3 is 0 Å². The highest BCUT2D eigenvalue weighted by molar-refractivity contribution is 5.88. The summed E-state index contributed by atoms with van der Waals surface area (Å²) in [5, 5.41) is 18.0. The molecule has 0 aromatic rings. The van der Waals surface area contributed by atoms with E-state index in [0.717, 1.165) is 12.8 Å². The molecular formula is C11H16N2O2. The van der Waals surface area contributed by atoms with Crippen molar-refractivity contribution in [3.05, 3.63) is 0 Å². The Morgan fingerprint density at radius 1 is 1.60 bits per heavy atom. The molecule has 0 spiro atoms. The molecule has 2 saturated carbocycles. The van der Waals surface area contributed by atoms with E-state index >= 15 is 0 Å². The molecule has 4 heteroatoms. The summed E-state index contributed by atoms with van der Waals surface area (Å²) in [5.41, 5.74) is -0.697. The van der Waals surface area contributed by atoms with Gasteiger partial charge in [-0.3, -0.25) is 4.79 Å². The van der Waals surface area contributed by atoms with Crippen molar-refractivity contribution in [1.29, 1.82) is 5.26 Å². The molecule has 2 fully saturated rings. The van der Waals surface area contributed by atoms with Crippen molar-refractivity contribution in [3.63, 3.8) is 0 Å². The molecule has 0 heterocycles. The molecule has 1 amide bonds. The van der Waals surface area contributed by atoms with Crippen LogP contribution >= 0.6 is 0 Å². The van der Waals surface area contributed by atoms with E-state index in [1.54, 1.807) is 11.9 Å².